The molecule has 3 aromatic rings. The average Bonchev–Trinajstić information content (AvgIpc) is 3.53. The second-order valence-corrected chi connectivity index (χ2v) is 8.82. The summed E-state index contributed by atoms with van der Waals surface area (Å²) in [6.45, 7) is 7.36. The van der Waals surface area contributed by atoms with E-state index in [1.54, 1.807) is 12.1 Å². The van der Waals surface area contributed by atoms with Gasteiger partial charge >= 0.3 is 0 Å². The summed E-state index contributed by atoms with van der Waals surface area (Å²) in [6, 6.07) is 8.33. The van der Waals surface area contributed by atoms with Gasteiger partial charge in [0.15, 0.2) is 0 Å². The maximum absolute atomic E-state index is 14.6. The smallest absolute Gasteiger partial charge is 0.252 e. The van der Waals surface area contributed by atoms with Crippen molar-refractivity contribution in [2.45, 2.75) is 32.9 Å². The first-order valence-electron chi connectivity index (χ1n) is 11.5. The summed E-state index contributed by atoms with van der Waals surface area (Å²) in [4.78, 5) is 23.3. The van der Waals surface area contributed by atoms with Gasteiger partial charge in [-0.05, 0) is 68.2 Å². The van der Waals surface area contributed by atoms with Gasteiger partial charge in [0.1, 0.15) is 11.6 Å². The third kappa shape index (κ3) is 4.24. The molecule has 1 aromatic heterocycles. The molecule has 8 heteroatoms. The molecule has 0 radical (unpaired) electrons. The number of carbonyl (C=O) groups excluding carboxylic acids is 1. The first-order chi connectivity index (χ1) is 16.0. The number of nitrogens with zero attached hydrogens (tertiary/aromatic N) is 2. The van der Waals surface area contributed by atoms with E-state index in [-0.39, 0.29) is 5.91 Å². The predicted molar refractivity (Wildman–Crippen MR) is 127 cm³/mol. The number of rotatable bonds is 7. The Balaban J connectivity index is 1.40. The minimum atomic E-state index is -0.402. The topological polar surface area (TPSA) is 99.1 Å². The second-order valence-electron chi connectivity index (χ2n) is 8.82. The summed E-state index contributed by atoms with van der Waals surface area (Å²) in [5.41, 5.74) is 11.2. The number of hydrogen-bond donors (Lipinski definition) is 4. The van der Waals surface area contributed by atoms with E-state index in [9.17, 15) is 9.18 Å². The third-order valence-electron chi connectivity index (χ3n) is 6.59. The highest BCUT2D eigenvalue weighted by Crippen LogP contribution is 2.36. The van der Waals surface area contributed by atoms with Crippen LogP contribution in [0.25, 0.3) is 22.5 Å². The molecular formula is C25H29FN6O. The number of carbonyl (C=O) groups is 1. The van der Waals surface area contributed by atoms with Gasteiger partial charge in [-0.1, -0.05) is 6.07 Å². The van der Waals surface area contributed by atoms with Crippen molar-refractivity contribution in [1.29, 1.82) is 0 Å². The SMILES string of the molecule is Cc1[nH]c(-c2ccc(-c3ccc(N)cc3F)c3c2C(=O)NC3)nc1CNCCN1CCCC1. The monoisotopic (exact) mass is 448 g/mol. The molecule has 172 valence electrons. The number of nitrogens with two attached hydrogens (primary N) is 1. The number of aryl methyl sites for hydroxylation is 1. The van der Waals surface area contributed by atoms with Gasteiger partial charge in [-0.15, -0.1) is 0 Å². The largest absolute Gasteiger partial charge is 0.399 e. The fourth-order valence-corrected chi connectivity index (χ4v) is 4.79. The van der Waals surface area contributed by atoms with Crippen molar-refractivity contribution < 1.29 is 9.18 Å². The van der Waals surface area contributed by atoms with Crippen molar-refractivity contribution >= 4 is 11.6 Å². The van der Waals surface area contributed by atoms with Crippen molar-refractivity contribution in [1.82, 2.24) is 25.5 Å². The van der Waals surface area contributed by atoms with Crippen LogP contribution in [0.2, 0.25) is 0 Å². The van der Waals surface area contributed by atoms with Crippen molar-refractivity contribution in [3.63, 3.8) is 0 Å². The number of halogens is 1. The van der Waals surface area contributed by atoms with Crippen LogP contribution in [0.4, 0.5) is 10.1 Å². The minimum absolute atomic E-state index is 0.169. The summed E-state index contributed by atoms with van der Waals surface area (Å²) in [5.74, 6) is 0.0824. The molecule has 2 aliphatic rings. The molecule has 2 aliphatic heterocycles. The molecule has 7 nitrogen and oxygen atoms in total. The van der Waals surface area contributed by atoms with E-state index < -0.39 is 5.82 Å². The summed E-state index contributed by atoms with van der Waals surface area (Å²) in [5, 5.41) is 6.36. The van der Waals surface area contributed by atoms with Gasteiger partial charge in [-0.3, -0.25) is 4.79 Å². The standard InChI is InChI=1S/C25H29FN6O/c1-15-22(14-28-8-11-32-9-2-3-10-32)31-24(30-15)19-7-6-17(20-13-29-25(33)23(19)20)18-5-4-16(27)12-21(18)26/h4-7,12,28H,2-3,8-11,13-14,27H2,1H3,(H,29,33)(H,30,31). The Kier molecular flexibility index (Phi) is 5.86. The molecule has 1 amide bonds. The number of likely N-dealkylation sites (tertiary alicyclic amines) is 1. The van der Waals surface area contributed by atoms with Gasteiger partial charge in [0.05, 0.1) is 11.3 Å². The number of benzene rings is 2. The first-order valence-corrected chi connectivity index (χ1v) is 11.5. The molecule has 1 fully saturated rings. The molecule has 5 rings (SSSR count). The number of nitrogens with one attached hydrogen (secondary N) is 3. The van der Waals surface area contributed by atoms with E-state index in [2.05, 4.69) is 20.5 Å². The number of fused-ring (bicyclic) bond motifs is 1. The molecular weight excluding hydrogens is 419 g/mol. The van der Waals surface area contributed by atoms with E-state index >= 15 is 0 Å². The van der Waals surface area contributed by atoms with Crippen molar-refractivity contribution in [3.05, 3.63) is 58.7 Å². The molecule has 3 heterocycles. The van der Waals surface area contributed by atoms with Gasteiger partial charge in [0, 0.05) is 48.7 Å². The summed E-state index contributed by atoms with van der Waals surface area (Å²) in [6.07, 6.45) is 2.59. The van der Waals surface area contributed by atoms with E-state index in [1.165, 1.54) is 32.0 Å². The van der Waals surface area contributed by atoms with Crippen LogP contribution in [0.5, 0.6) is 0 Å². The quantitative estimate of drug-likeness (QED) is 0.329. The van der Waals surface area contributed by atoms with Crippen LogP contribution >= 0.6 is 0 Å². The Morgan fingerprint density at radius 1 is 1.15 bits per heavy atom. The van der Waals surface area contributed by atoms with Crippen LogP contribution in [0.1, 0.15) is 40.2 Å². The molecule has 0 unspecified atom stereocenters. The lowest BCUT2D eigenvalue weighted by Gasteiger charge is -2.14. The van der Waals surface area contributed by atoms with Gasteiger partial charge < -0.3 is 26.3 Å². The van der Waals surface area contributed by atoms with Crippen molar-refractivity contribution in [3.8, 4) is 22.5 Å². The number of hydrogen-bond acceptors (Lipinski definition) is 5. The Morgan fingerprint density at radius 3 is 2.70 bits per heavy atom. The van der Waals surface area contributed by atoms with Gasteiger partial charge in [0.25, 0.3) is 5.91 Å². The maximum Gasteiger partial charge on any atom is 0.252 e. The van der Waals surface area contributed by atoms with Crippen molar-refractivity contribution in [2.24, 2.45) is 0 Å². The van der Waals surface area contributed by atoms with Crippen LogP contribution in [-0.4, -0.2) is 47.0 Å². The highest BCUT2D eigenvalue weighted by atomic mass is 19.1. The lowest BCUT2D eigenvalue weighted by atomic mass is 9.92. The van der Waals surface area contributed by atoms with Crippen LogP contribution in [-0.2, 0) is 13.1 Å². The van der Waals surface area contributed by atoms with E-state index in [0.717, 1.165) is 35.6 Å². The van der Waals surface area contributed by atoms with Crippen LogP contribution in [0.3, 0.4) is 0 Å². The summed E-state index contributed by atoms with van der Waals surface area (Å²) >= 11 is 0. The zero-order chi connectivity index (χ0) is 22.9. The molecule has 0 aliphatic carbocycles. The Bertz CT molecular complexity index is 1200. The lowest BCUT2D eigenvalue weighted by molar-refractivity contribution is 0.0966. The highest BCUT2D eigenvalue weighted by Gasteiger charge is 2.28. The predicted octanol–water partition coefficient (Wildman–Crippen LogP) is 3.20. The normalized spacial score (nSPS) is 15.8. The molecule has 0 spiro atoms. The molecule has 0 saturated carbocycles. The summed E-state index contributed by atoms with van der Waals surface area (Å²) < 4.78 is 14.6. The second kappa shape index (κ2) is 8.96. The first kappa shape index (κ1) is 21.6. The van der Waals surface area contributed by atoms with Gasteiger partial charge in [-0.2, -0.15) is 0 Å². The lowest BCUT2D eigenvalue weighted by Crippen LogP contribution is -2.29. The Hall–Kier alpha value is -3.23. The van der Waals surface area contributed by atoms with E-state index in [0.29, 0.717) is 41.3 Å². The molecule has 0 atom stereocenters. The van der Waals surface area contributed by atoms with Gasteiger partial charge in [0.2, 0.25) is 0 Å². The number of anilines is 1. The van der Waals surface area contributed by atoms with E-state index in [1.807, 2.05) is 19.1 Å². The highest BCUT2D eigenvalue weighted by molar-refractivity contribution is 6.06. The Morgan fingerprint density at radius 2 is 1.91 bits per heavy atom. The van der Waals surface area contributed by atoms with Gasteiger partial charge in [-0.25, -0.2) is 9.37 Å². The zero-order valence-corrected chi connectivity index (χ0v) is 18.8. The number of imidazole rings is 1. The van der Waals surface area contributed by atoms with Crippen molar-refractivity contribution in [2.75, 3.05) is 31.9 Å². The molecule has 33 heavy (non-hydrogen) atoms. The Labute approximate surface area is 192 Å². The maximum atomic E-state index is 14.6. The number of H-pyrrole nitrogens is 1. The third-order valence-corrected chi connectivity index (χ3v) is 6.59. The molecule has 5 N–H and O–H groups in total. The minimum Gasteiger partial charge on any atom is -0.399 e. The van der Waals surface area contributed by atoms with Crippen LogP contribution in [0, 0.1) is 12.7 Å². The molecule has 1 saturated heterocycles. The number of aromatic nitrogens is 2. The molecule has 0 bridgehead atoms. The summed E-state index contributed by atoms with van der Waals surface area (Å²) in [7, 11) is 0. The number of nitrogen functional groups attached to an aromatic ring is 1. The number of amides is 1. The van der Waals surface area contributed by atoms with Crippen LogP contribution < -0.4 is 16.4 Å². The van der Waals surface area contributed by atoms with Crippen LogP contribution in [0.15, 0.2) is 30.3 Å². The zero-order valence-electron chi connectivity index (χ0n) is 18.8. The molecule has 2 aromatic carbocycles. The fourth-order valence-electron chi connectivity index (χ4n) is 4.79. The van der Waals surface area contributed by atoms with E-state index in [4.69, 9.17) is 10.7 Å². The fraction of sp³-hybridized carbons (Fsp3) is 0.360. The number of aromatic amines is 1. The average molecular weight is 449 g/mol.